The molecule has 2 rings (SSSR count). The van der Waals surface area contributed by atoms with Gasteiger partial charge in [-0.15, -0.1) is 0 Å². The summed E-state index contributed by atoms with van der Waals surface area (Å²) in [5, 5.41) is 10.2. The molecule has 0 bridgehead atoms. The molecule has 0 amide bonds. The van der Waals surface area contributed by atoms with Crippen LogP contribution in [0.4, 0.5) is 0 Å². The fourth-order valence-corrected chi connectivity index (χ4v) is 2.92. The van der Waals surface area contributed by atoms with Crippen LogP contribution in [-0.2, 0) is 9.47 Å². The molecular formula is C15H28O3. The molecule has 3 nitrogen and oxygen atoms in total. The predicted octanol–water partition coefficient (Wildman–Crippen LogP) is 2.90. The lowest BCUT2D eigenvalue weighted by Gasteiger charge is -2.42. The Morgan fingerprint density at radius 1 is 1.28 bits per heavy atom. The van der Waals surface area contributed by atoms with E-state index in [1.165, 1.54) is 12.8 Å². The molecule has 1 saturated carbocycles. The average molecular weight is 256 g/mol. The van der Waals surface area contributed by atoms with Crippen molar-refractivity contribution in [1.29, 1.82) is 0 Å². The first-order valence-corrected chi connectivity index (χ1v) is 7.56. The van der Waals surface area contributed by atoms with Gasteiger partial charge in [-0.25, -0.2) is 0 Å². The van der Waals surface area contributed by atoms with Crippen LogP contribution in [0.3, 0.4) is 0 Å². The van der Waals surface area contributed by atoms with E-state index >= 15 is 0 Å². The normalized spacial score (nSPS) is 29.8. The zero-order chi connectivity index (χ0) is 13.0. The highest BCUT2D eigenvalue weighted by Crippen LogP contribution is 2.40. The molecule has 18 heavy (non-hydrogen) atoms. The van der Waals surface area contributed by atoms with Gasteiger partial charge in [-0.2, -0.15) is 0 Å². The van der Waals surface area contributed by atoms with Gasteiger partial charge in [0, 0.05) is 6.61 Å². The molecule has 0 aromatic heterocycles. The van der Waals surface area contributed by atoms with Gasteiger partial charge in [0.05, 0.1) is 24.4 Å². The molecule has 0 radical (unpaired) electrons. The smallest absolute Gasteiger partial charge is 0.0809 e. The molecule has 3 atom stereocenters. The van der Waals surface area contributed by atoms with Crippen molar-refractivity contribution in [3.63, 3.8) is 0 Å². The molecule has 0 spiro atoms. The largest absolute Gasteiger partial charge is 0.390 e. The molecule has 3 heteroatoms. The Hall–Kier alpha value is -0.120. The summed E-state index contributed by atoms with van der Waals surface area (Å²) in [5.74, 6) is 0.403. The molecule has 1 saturated heterocycles. The van der Waals surface area contributed by atoms with Crippen molar-refractivity contribution in [1.82, 2.24) is 0 Å². The number of hydrogen-bond acceptors (Lipinski definition) is 3. The van der Waals surface area contributed by atoms with Crippen molar-refractivity contribution in [3.8, 4) is 0 Å². The third kappa shape index (κ3) is 3.69. The topological polar surface area (TPSA) is 38.7 Å². The van der Waals surface area contributed by atoms with E-state index in [-0.39, 0.29) is 11.7 Å². The summed E-state index contributed by atoms with van der Waals surface area (Å²) in [6, 6.07) is 0. The van der Waals surface area contributed by atoms with Crippen molar-refractivity contribution >= 4 is 0 Å². The summed E-state index contributed by atoms with van der Waals surface area (Å²) in [7, 11) is 0. The number of aliphatic hydroxyl groups is 1. The second kappa shape index (κ2) is 6.36. The Bertz CT molecular complexity index is 244. The molecular weight excluding hydrogens is 228 g/mol. The Kier molecular flexibility index (Phi) is 5.05. The third-order valence-electron chi connectivity index (χ3n) is 4.73. The van der Waals surface area contributed by atoms with Gasteiger partial charge in [0.1, 0.15) is 0 Å². The van der Waals surface area contributed by atoms with E-state index in [0.29, 0.717) is 12.0 Å². The van der Waals surface area contributed by atoms with Crippen molar-refractivity contribution < 1.29 is 14.6 Å². The lowest BCUT2D eigenvalue weighted by atomic mass is 9.70. The van der Waals surface area contributed by atoms with Gasteiger partial charge in [-0.05, 0) is 57.8 Å². The minimum Gasteiger partial charge on any atom is -0.390 e. The van der Waals surface area contributed by atoms with Crippen LogP contribution in [0.15, 0.2) is 0 Å². The minimum absolute atomic E-state index is 0.278. The maximum Gasteiger partial charge on any atom is 0.0809 e. The van der Waals surface area contributed by atoms with E-state index in [1.54, 1.807) is 0 Å². The van der Waals surface area contributed by atoms with Crippen LogP contribution in [0.5, 0.6) is 0 Å². The lowest BCUT2D eigenvalue weighted by Crippen LogP contribution is -2.43. The Balaban J connectivity index is 1.57. The molecule has 1 heterocycles. The van der Waals surface area contributed by atoms with Crippen LogP contribution in [0.25, 0.3) is 0 Å². The first-order valence-electron chi connectivity index (χ1n) is 7.56. The quantitative estimate of drug-likeness (QED) is 0.761. The van der Waals surface area contributed by atoms with E-state index in [9.17, 15) is 5.11 Å². The van der Waals surface area contributed by atoms with Gasteiger partial charge in [-0.3, -0.25) is 0 Å². The van der Waals surface area contributed by atoms with Crippen LogP contribution in [0, 0.1) is 5.92 Å². The van der Waals surface area contributed by atoms with Gasteiger partial charge in [-0.1, -0.05) is 6.92 Å². The second-order valence-corrected chi connectivity index (χ2v) is 6.21. The Morgan fingerprint density at radius 3 is 2.61 bits per heavy atom. The maximum absolute atomic E-state index is 10.2. The SMILES string of the molecule is CC(CCC(C)C1(O)CCC1)OCC1CCCO1. The summed E-state index contributed by atoms with van der Waals surface area (Å²) in [4.78, 5) is 0. The number of rotatable bonds is 7. The van der Waals surface area contributed by atoms with Crippen LogP contribution in [-0.4, -0.2) is 36.1 Å². The highest BCUT2D eigenvalue weighted by molar-refractivity contribution is 4.91. The standard InChI is InChI=1S/C15H28O3/c1-12(15(16)8-4-9-15)6-7-13(2)18-11-14-5-3-10-17-14/h12-14,16H,3-11H2,1-2H3. The molecule has 106 valence electrons. The Labute approximate surface area is 111 Å². The zero-order valence-electron chi connectivity index (χ0n) is 11.9. The summed E-state index contributed by atoms with van der Waals surface area (Å²) in [6.07, 6.45) is 8.17. The van der Waals surface area contributed by atoms with E-state index in [1.807, 2.05) is 0 Å². The second-order valence-electron chi connectivity index (χ2n) is 6.21. The number of ether oxygens (including phenoxy) is 2. The van der Waals surface area contributed by atoms with E-state index in [4.69, 9.17) is 9.47 Å². The molecule has 2 fully saturated rings. The van der Waals surface area contributed by atoms with E-state index < -0.39 is 0 Å². The maximum atomic E-state index is 10.2. The first-order chi connectivity index (χ1) is 8.60. The summed E-state index contributed by atoms with van der Waals surface area (Å²) in [5.41, 5.74) is -0.367. The Morgan fingerprint density at radius 2 is 2.06 bits per heavy atom. The molecule has 2 aliphatic rings. The van der Waals surface area contributed by atoms with E-state index in [0.717, 1.165) is 45.3 Å². The fraction of sp³-hybridized carbons (Fsp3) is 1.00. The first kappa shape index (κ1) is 14.3. The average Bonchev–Trinajstić information content (AvgIpc) is 2.83. The van der Waals surface area contributed by atoms with Gasteiger partial charge >= 0.3 is 0 Å². The minimum atomic E-state index is -0.367. The summed E-state index contributed by atoms with van der Waals surface area (Å²) < 4.78 is 11.4. The summed E-state index contributed by atoms with van der Waals surface area (Å²) in [6.45, 7) is 5.94. The molecule has 0 aromatic carbocycles. The van der Waals surface area contributed by atoms with Crippen LogP contribution < -0.4 is 0 Å². The van der Waals surface area contributed by atoms with Gasteiger partial charge in [0.2, 0.25) is 0 Å². The van der Waals surface area contributed by atoms with E-state index in [2.05, 4.69) is 13.8 Å². The highest BCUT2D eigenvalue weighted by atomic mass is 16.5. The molecule has 1 aliphatic heterocycles. The highest BCUT2D eigenvalue weighted by Gasteiger charge is 2.39. The fourth-order valence-electron chi connectivity index (χ4n) is 2.92. The molecule has 1 aliphatic carbocycles. The van der Waals surface area contributed by atoms with Crippen LogP contribution in [0.2, 0.25) is 0 Å². The molecule has 3 unspecified atom stereocenters. The lowest BCUT2D eigenvalue weighted by molar-refractivity contribution is -0.0851. The zero-order valence-corrected chi connectivity index (χ0v) is 11.9. The van der Waals surface area contributed by atoms with Crippen molar-refractivity contribution in [2.75, 3.05) is 13.2 Å². The van der Waals surface area contributed by atoms with Crippen LogP contribution in [0.1, 0.15) is 58.8 Å². The third-order valence-corrected chi connectivity index (χ3v) is 4.73. The van der Waals surface area contributed by atoms with Gasteiger partial charge in [0.25, 0.3) is 0 Å². The van der Waals surface area contributed by atoms with Gasteiger partial charge < -0.3 is 14.6 Å². The van der Waals surface area contributed by atoms with Crippen molar-refractivity contribution in [2.45, 2.75) is 76.6 Å². The summed E-state index contributed by atoms with van der Waals surface area (Å²) >= 11 is 0. The van der Waals surface area contributed by atoms with Crippen molar-refractivity contribution in [3.05, 3.63) is 0 Å². The monoisotopic (exact) mass is 256 g/mol. The molecule has 1 N–H and O–H groups in total. The predicted molar refractivity (Wildman–Crippen MR) is 71.6 cm³/mol. The van der Waals surface area contributed by atoms with Gasteiger partial charge in [0.15, 0.2) is 0 Å². The van der Waals surface area contributed by atoms with Crippen molar-refractivity contribution in [2.24, 2.45) is 5.92 Å². The molecule has 0 aromatic rings. The van der Waals surface area contributed by atoms with Crippen LogP contribution >= 0.6 is 0 Å². The number of hydrogen-bond donors (Lipinski definition) is 1.